The first-order valence-corrected chi connectivity index (χ1v) is 13.9. The van der Waals surface area contributed by atoms with Gasteiger partial charge in [0.05, 0.1) is 18.9 Å². The molecule has 2 aromatic heterocycles. The Morgan fingerprint density at radius 2 is 1.83 bits per heavy atom. The minimum Gasteiger partial charge on any atom is -0.452 e. The Labute approximate surface area is 238 Å². The van der Waals surface area contributed by atoms with E-state index in [1.54, 1.807) is 51.1 Å². The molecule has 2 aliphatic heterocycles. The molecule has 0 aliphatic carbocycles. The molecule has 2 fully saturated rings. The molecule has 11 nitrogen and oxygen atoms in total. The second kappa shape index (κ2) is 12.2. The number of aromatic nitrogens is 2. The Morgan fingerprint density at radius 3 is 2.51 bits per heavy atom. The highest BCUT2D eigenvalue weighted by Gasteiger charge is 2.34. The summed E-state index contributed by atoms with van der Waals surface area (Å²) in [6.07, 6.45) is 1.19. The number of piperidine rings is 1. The van der Waals surface area contributed by atoms with Gasteiger partial charge in [-0.2, -0.15) is 0 Å². The fraction of sp³-hybridized carbons (Fsp3) is 0.433. The number of amides is 2. The second-order valence-electron chi connectivity index (χ2n) is 11.1. The molecule has 11 heteroatoms. The number of hydrogen-bond acceptors (Lipinski definition) is 10. The van der Waals surface area contributed by atoms with Gasteiger partial charge in [-0.3, -0.25) is 9.59 Å². The number of furan rings is 1. The lowest BCUT2D eigenvalue weighted by molar-refractivity contribution is -0.122. The van der Waals surface area contributed by atoms with Crippen molar-refractivity contribution in [3.63, 3.8) is 0 Å². The van der Waals surface area contributed by atoms with Crippen molar-refractivity contribution >= 4 is 29.8 Å². The van der Waals surface area contributed by atoms with E-state index >= 15 is 0 Å². The molecule has 41 heavy (non-hydrogen) atoms. The van der Waals surface area contributed by atoms with Gasteiger partial charge in [-0.15, -0.1) is 0 Å². The van der Waals surface area contributed by atoms with Crippen molar-refractivity contribution in [2.24, 2.45) is 5.92 Å². The van der Waals surface area contributed by atoms with E-state index in [-0.39, 0.29) is 17.6 Å². The maximum absolute atomic E-state index is 13.7. The normalized spacial score (nSPS) is 16.3. The molecular weight excluding hydrogens is 526 g/mol. The molecular formula is C30H35N5O6. The Bertz CT molecular complexity index is 1400. The maximum atomic E-state index is 13.7. The van der Waals surface area contributed by atoms with Crippen molar-refractivity contribution in [2.45, 2.75) is 39.2 Å². The van der Waals surface area contributed by atoms with Crippen LogP contribution in [0, 0.1) is 5.92 Å². The van der Waals surface area contributed by atoms with Gasteiger partial charge in [0.1, 0.15) is 17.1 Å². The molecule has 0 atom stereocenters. The molecule has 2 amide bonds. The first kappa shape index (κ1) is 28.4. The third kappa shape index (κ3) is 6.80. The number of benzene rings is 1. The number of carbonyl (C=O) groups excluding carboxylic acids is 3. The van der Waals surface area contributed by atoms with E-state index in [0.29, 0.717) is 92.9 Å². The fourth-order valence-corrected chi connectivity index (χ4v) is 4.86. The van der Waals surface area contributed by atoms with E-state index in [4.69, 9.17) is 23.9 Å². The lowest BCUT2D eigenvalue weighted by atomic mass is 9.96. The summed E-state index contributed by atoms with van der Waals surface area (Å²) in [6.45, 7) is 9.19. The minimum absolute atomic E-state index is 0.194. The third-order valence-corrected chi connectivity index (χ3v) is 6.89. The third-order valence-electron chi connectivity index (χ3n) is 6.89. The summed E-state index contributed by atoms with van der Waals surface area (Å²) in [5.41, 5.74) is 0.704. The number of ether oxygens (including phenoxy) is 2. The van der Waals surface area contributed by atoms with Crippen LogP contribution in [-0.4, -0.2) is 73.2 Å². The standard InChI is InChI=1S/C30H35N5O6/c1-30(2,3)41-29(38)35(28(37)20-9-11-31-12-10-20)22-6-4-5-21(17-22)27-32-24(25-8-7-23(19-36)40-25)18-26(33-27)34-13-15-39-16-14-34/h4-8,17-20,31H,9-16H2,1-3H3. The van der Waals surface area contributed by atoms with Crippen LogP contribution in [-0.2, 0) is 14.3 Å². The smallest absolute Gasteiger partial charge is 0.421 e. The summed E-state index contributed by atoms with van der Waals surface area (Å²) in [6, 6.07) is 12.1. The first-order valence-electron chi connectivity index (χ1n) is 13.9. The number of morpholine rings is 1. The molecule has 216 valence electrons. The van der Waals surface area contributed by atoms with Gasteiger partial charge >= 0.3 is 6.09 Å². The summed E-state index contributed by atoms with van der Waals surface area (Å²) < 4.78 is 16.8. The van der Waals surface area contributed by atoms with Crippen LogP contribution in [0.1, 0.15) is 44.2 Å². The van der Waals surface area contributed by atoms with E-state index in [1.807, 2.05) is 12.1 Å². The Kier molecular flexibility index (Phi) is 8.46. The monoisotopic (exact) mass is 561 g/mol. The lowest BCUT2D eigenvalue weighted by Crippen LogP contribution is -2.46. The molecule has 2 aliphatic rings. The van der Waals surface area contributed by atoms with Crippen molar-refractivity contribution in [3.05, 3.63) is 48.2 Å². The van der Waals surface area contributed by atoms with Gasteiger partial charge in [-0.1, -0.05) is 12.1 Å². The maximum Gasteiger partial charge on any atom is 0.421 e. The summed E-state index contributed by atoms with van der Waals surface area (Å²) in [5.74, 6) is 1.09. The average Bonchev–Trinajstić information content (AvgIpc) is 3.47. The summed E-state index contributed by atoms with van der Waals surface area (Å²) in [7, 11) is 0. The molecule has 3 aromatic rings. The quantitative estimate of drug-likeness (QED) is 0.435. The zero-order valence-corrected chi connectivity index (χ0v) is 23.6. The molecule has 0 radical (unpaired) electrons. The van der Waals surface area contributed by atoms with Crippen molar-refractivity contribution in [1.82, 2.24) is 15.3 Å². The van der Waals surface area contributed by atoms with Crippen molar-refractivity contribution in [3.8, 4) is 22.8 Å². The van der Waals surface area contributed by atoms with Crippen LogP contribution in [0.3, 0.4) is 0 Å². The largest absolute Gasteiger partial charge is 0.452 e. The van der Waals surface area contributed by atoms with Gasteiger partial charge in [-0.05, 0) is 71.0 Å². The van der Waals surface area contributed by atoms with Gasteiger partial charge in [0, 0.05) is 30.6 Å². The molecule has 2 saturated heterocycles. The number of hydrogen-bond donors (Lipinski definition) is 1. The summed E-state index contributed by atoms with van der Waals surface area (Å²) in [4.78, 5) is 51.2. The molecule has 5 rings (SSSR count). The van der Waals surface area contributed by atoms with Crippen LogP contribution in [0.5, 0.6) is 0 Å². The summed E-state index contributed by atoms with van der Waals surface area (Å²) >= 11 is 0. The zero-order chi connectivity index (χ0) is 29.0. The lowest BCUT2D eigenvalue weighted by Gasteiger charge is -2.30. The number of aldehydes is 1. The number of imide groups is 1. The second-order valence-corrected chi connectivity index (χ2v) is 11.1. The molecule has 0 spiro atoms. The number of rotatable bonds is 6. The Hall–Kier alpha value is -4.09. The predicted octanol–water partition coefficient (Wildman–Crippen LogP) is 4.32. The highest BCUT2D eigenvalue weighted by molar-refractivity contribution is 6.13. The molecule has 0 unspecified atom stereocenters. The van der Waals surface area contributed by atoms with E-state index in [0.717, 1.165) is 4.90 Å². The number of anilines is 2. The van der Waals surface area contributed by atoms with Gasteiger partial charge in [0.25, 0.3) is 0 Å². The van der Waals surface area contributed by atoms with Gasteiger partial charge in [0.2, 0.25) is 5.91 Å². The van der Waals surface area contributed by atoms with Crippen LogP contribution in [0.15, 0.2) is 46.9 Å². The van der Waals surface area contributed by atoms with Gasteiger partial charge in [0.15, 0.2) is 23.6 Å². The average molecular weight is 562 g/mol. The highest BCUT2D eigenvalue weighted by atomic mass is 16.6. The van der Waals surface area contributed by atoms with Crippen LogP contribution < -0.4 is 15.1 Å². The van der Waals surface area contributed by atoms with Crippen LogP contribution in [0.2, 0.25) is 0 Å². The SMILES string of the molecule is CC(C)(C)OC(=O)N(C(=O)C1CCNCC1)c1cccc(-c2nc(-c3ccc(C=O)o3)cc(N3CCOCC3)n2)c1. The Balaban J connectivity index is 1.56. The summed E-state index contributed by atoms with van der Waals surface area (Å²) in [5, 5.41) is 3.26. The van der Waals surface area contributed by atoms with E-state index in [2.05, 4.69) is 10.2 Å². The number of nitrogens with zero attached hydrogens (tertiary/aromatic N) is 4. The zero-order valence-electron chi connectivity index (χ0n) is 23.6. The molecule has 1 N–H and O–H groups in total. The van der Waals surface area contributed by atoms with Crippen LogP contribution in [0.25, 0.3) is 22.8 Å². The van der Waals surface area contributed by atoms with Crippen molar-refractivity contribution < 1.29 is 28.3 Å². The van der Waals surface area contributed by atoms with Gasteiger partial charge < -0.3 is 24.1 Å². The Morgan fingerprint density at radius 1 is 1.07 bits per heavy atom. The van der Waals surface area contributed by atoms with Gasteiger partial charge in [-0.25, -0.2) is 19.7 Å². The minimum atomic E-state index is -0.782. The van der Waals surface area contributed by atoms with E-state index in [9.17, 15) is 14.4 Å². The number of carbonyl (C=O) groups is 3. The van der Waals surface area contributed by atoms with E-state index < -0.39 is 11.7 Å². The highest BCUT2D eigenvalue weighted by Crippen LogP contribution is 2.31. The fourth-order valence-electron chi connectivity index (χ4n) is 4.86. The molecule has 0 saturated carbocycles. The van der Waals surface area contributed by atoms with Crippen molar-refractivity contribution in [2.75, 3.05) is 49.2 Å². The van der Waals surface area contributed by atoms with Crippen LogP contribution >= 0.6 is 0 Å². The number of nitrogens with one attached hydrogen (secondary N) is 1. The predicted molar refractivity (Wildman–Crippen MR) is 153 cm³/mol. The van der Waals surface area contributed by atoms with E-state index in [1.165, 1.54) is 0 Å². The topological polar surface area (TPSA) is 127 Å². The first-order chi connectivity index (χ1) is 19.7. The van der Waals surface area contributed by atoms with Crippen molar-refractivity contribution in [1.29, 1.82) is 0 Å². The molecule has 0 bridgehead atoms. The van der Waals surface area contributed by atoms with Crippen LogP contribution in [0.4, 0.5) is 16.3 Å². The molecule has 1 aromatic carbocycles. The molecule has 4 heterocycles.